The average molecular weight is 464 g/mol. The van der Waals surface area contributed by atoms with Crippen molar-refractivity contribution in [3.8, 4) is 0 Å². The van der Waals surface area contributed by atoms with E-state index in [1.54, 1.807) is 0 Å². The van der Waals surface area contributed by atoms with Crippen molar-refractivity contribution in [1.29, 1.82) is 0 Å². The van der Waals surface area contributed by atoms with E-state index in [1.165, 1.54) is 5.69 Å². The van der Waals surface area contributed by atoms with Crippen molar-refractivity contribution in [2.45, 2.75) is 39.2 Å². The Bertz CT molecular complexity index is 995. The Morgan fingerprint density at radius 3 is 2.32 bits per heavy atom. The fourth-order valence-electron chi connectivity index (χ4n) is 4.36. The molecule has 34 heavy (non-hydrogen) atoms. The zero-order chi connectivity index (χ0) is 24.1. The minimum absolute atomic E-state index is 0.0204. The van der Waals surface area contributed by atoms with Gasteiger partial charge in [0, 0.05) is 62.2 Å². The fraction of sp³-hybridized carbons (Fsp3) is 0.481. The van der Waals surface area contributed by atoms with Crippen molar-refractivity contribution < 1.29 is 9.59 Å². The van der Waals surface area contributed by atoms with E-state index < -0.39 is 0 Å². The Morgan fingerprint density at radius 2 is 1.65 bits per heavy atom. The molecule has 1 heterocycles. The lowest BCUT2D eigenvalue weighted by Gasteiger charge is -2.34. The maximum atomic E-state index is 12.7. The maximum absolute atomic E-state index is 12.7. The van der Waals surface area contributed by atoms with E-state index in [1.807, 2.05) is 44.2 Å². The summed E-state index contributed by atoms with van der Waals surface area (Å²) in [7, 11) is 2.15. The molecular weight excluding hydrogens is 426 g/mol. The van der Waals surface area contributed by atoms with Gasteiger partial charge < -0.3 is 20.4 Å². The molecule has 2 fully saturated rings. The van der Waals surface area contributed by atoms with Crippen molar-refractivity contribution >= 4 is 28.9 Å². The smallest absolute Gasteiger partial charge is 0.238 e. The van der Waals surface area contributed by atoms with Crippen LogP contribution in [0.2, 0.25) is 0 Å². The average Bonchev–Trinajstić information content (AvgIpc) is 3.66. The van der Waals surface area contributed by atoms with E-state index in [4.69, 9.17) is 0 Å². The quantitative estimate of drug-likeness (QED) is 0.596. The van der Waals surface area contributed by atoms with Crippen LogP contribution in [0.3, 0.4) is 0 Å². The van der Waals surface area contributed by atoms with Gasteiger partial charge >= 0.3 is 0 Å². The number of hydrogen-bond donors (Lipinski definition) is 2. The predicted molar refractivity (Wildman–Crippen MR) is 139 cm³/mol. The molecule has 4 rings (SSSR count). The summed E-state index contributed by atoms with van der Waals surface area (Å²) in [6.07, 6.45) is 2.55. The van der Waals surface area contributed by atoms with Gasteiger partial charge in [-0.2, -0.15) is 0 Å². The zero-order valence-electron chi connectivity index (χ0n) is 20.6. The Hall–Kier alpha value is -2.90. The highest BCUT2D eigenvalue weighted by Gasteiger charge is 2.30. The minimum atomic E-state index is -0.0273. The van der Waals surface area contributed by atoms with Gasteiger partial charge in [0.1, 0.15) is 0 Å². The van der Waals surface area contributed by atoms with Gasteiger partial charge in [0.05, 0.1) is 6.54 Å². The standard InChI is InChI=1S/C27H37N5O2/c1-20-4-5-21(2)25(18-20)29-27(34)19-32(24-10-11-24)13-12-26(33)28-22-6-8-23(9-7-22)31-16-14-30(3)15-17-31/h4-9,18,24H,10-17,19H2,1-3H3,(H,28,33)(H,29,34). The summed E-state index contributed by atoms with van der Waals surface area (Å²) in [4.78, 5) is 32.1. The van der Waals surface area contributed by atoms with Gasteiger partial charge in [0.2, 0.25) is 11.8 Å². The number of carbonyl (C=O) groups excluding carboxylic acids is 2. The molecule has 2 aromatic carbocycles. The second-order valence-electron chi connectivity index (χ2n) is 9.70. The molecule has 1 aliphatic carbocycles. The van der Waals surface area contributed by atoms with Crippen LogP contribution < -0.4 is 15.5 Å². The molecule has 0 atom stereocenters. The van der Waals surface area contributed by atoms with Crippen LogP contribution in [0.5, 0.6) is 0 Å². The Kier molecular flexibility index (Phi) is 7.85. The summed E-state index contributed by atoms with van der Waals surface area (Å²) in [5, 5.41) is 6.05. The van der Waals surface area contributed by atoms with E-state index in [9.17, 15) is 9.59 Å². The van der Waals surface area contributed by atoms with Crippen molar-refractivity contribution in [1.82, 2.24) is 9.80 Å². The summed E-state index contributed by atoms with van der Waals surface area (Å²) >= 11 is 0. The molecule has 7 nitrogen and oxygen atoms in total. The Labute approximate surface area is 203 Å². The lowest BCUT2D eigenvalue weighted by atomic mass is 10.1. The van der Waals surface area contributed by atoms with Gasteiger partial charge in [-0.15, -0.1) is 0 Å². The molecule has 182 valence electrons. The van der Waals surface area contributed by atoms with Gasteiger partial charge in [-0.3, -0.25) is 14.5 Å². The Morgan fingerprint density at radius 1 is 0.941 bits per heavy atom. The normalized spacial score (nSPS) is 16.5. The fourth-order valence-corrected chi connectivity index (χ4v) is 4.36. The van der Waals surface area contributed by atoms with Crippen LogP contribution in [-0.4, -0.2) is 74.0 Å². The van der Waals surface area contributed by atoms with Gasteiger partial charge in [-0.1, -0.05) is 12.1 Å². The number of anilines is 3. The first-order valence-corrected chi connectivity index (χ1v) is 12.3. The van der Waals surface area contributed by atoms with Gasteiger partial charge in [0.15, 0.2) is 0 Å². The first kappa shape index (κ1) is 24.2. The third kappa shape index (κ3) is 6.81. The van der Waals surface area contributed by atoms with E-state index in [0.717, 1.165) is 61.5 Å². The predicted octanol–water partition coefficient (Wildman–Crippen LogP) is 3.49. The number of nitrogens with one attached hydrogen (secondary N) is 2. The molecule has 0 bridgehead atoms. The zero-order valence-corrected chi connectivity index (χ0v) is 20.6. The highest BCUT2D eigenvalue weighted by Crippen LogP contribution is 2.27. The van der Waals surface area contributed by atoms with Crippen LogP contribution in [0.4, 0.5) is 17.1 Å². The number of aryl methyl sites for hydroxylation is 2. The van der Waals surface area contributed by atoms with E-state index in [2.05, 4.69) is 44.5 Å². The number of carbonyl (C=O) groups is 2. The van der Waals surface area contributed by atoms with E-state index in [-0.39, 0.29) is 11.8 Å². The van der Waals surface area contributed by atoms with Crippen LogP contribution in [0.25, 0.3) is 0 Å². The van der Waals surface area contributed by atoms with Crippen LogP contribution in [0, 0.1) is 13.8 Å². The monoisotopic (exact) mass is 463 g/mol. The number of piperazine rings is 1. The summed E-state index contributed by atoms with van der Waals surface area (Å²) < 4.78 is 0. The molecule has 7 heteroatoms. The molecule has 0 unspecified atom stereocenters. The minimum Gasteiger partial charge on any atom is -0.369 e. The number of likely N-dealkylation sites (N-methyl/N-ethyl adjacent to an activating group) is 1. The van der Waals surface area contributed by atoms with Crippen LogP contribution in [-0.2, 0) is 9.59 Å². The number of hydrogen-bond acceptors (Lipinski definition) is 5. The van der Waals surface area contributed by atoms with E-state index >= 15 is 0 Å². The Balaban J connectivity index is 1.24. The number of nitrogens with zero attached hydrogens (tertiary/aromatic N) is 3. The third-order valence-electron chi connectivity index (χ3n) is 6.72. The summed E-state index contributed by atoms with van der Waals surface area (Å²) in [6.45, 7) is 9.09. The number of amides is 2. The summed E-state index contributed by atoms with van der Waals surface area (Å²) in [5.74, 6) is -0.0477. The molecule has 1 aliphatic heterocycles. The van der Waals surface area contributed by atoms with E-state index in [0.29, 0.717) is 25.6 Å². The molecule has 2 aliphatic rings. The molecule has 2 aromatic rings. The van der Waals surface area contributed by atoms with Crippen LogP contribution >= 0.6 is 0 Å². The van der Waals surface area contributed by atoms with Crippen molar-refractivity contribution in [2.75, 3.05) is 61.8 Å². The highest BCUT2D eigenvalue weighted by atomic mass is 16.2. The number of rotatable bonds is 9. The molecule has 0 radical (unpaired) electrons. The van der Waals surface area contributed by atoms with Crippen molar-refractivity contribution in [2.24, 2.45) is 0 Å². The molecule has 0 aromatic heterocycles. The molecule has 0 spiro atoms. The lowest BCUT2D eigenvalue weighted by molar-refractivity contribution is -0.119. The van der Waals surface area contributed by atoms with Crippen LogP contribution in [0.15, 0.2) is 42.5 Å². The summed E-state index contributed by atoms with van der Waals surface area (Å²) in [5.41, 5.74) is 5.04. The maximum Gasteiger partial charge on any atom is 0.238 e. The van der Waals surface area contributed by atoms with Crippen molar-refractivity contribution in [3.05, 3.63) is 53.6 Å². The number of benzene rings is 2. The molecular formula is C27H37N5O2. The SMILES string of the molecule is Cc1ccc(C)c(NC(=O)CN(CCC(=O)Nc2ccc(N3CCN(C)CC3)cc2)C2CC2)c1. The van der Waals surface area contributed by atoms with Gasteiger partial charge in [-0.05, 0) is 75.2 Å². The third-order valence-corrected chi connectivity index (χ3v) is 6.72. The second kappa shape index (κ2) is 11.0. The molecule has 2 amide bonds. The first-order valence-electron chi connectivity index (χ1n) is 12.3. The molecule has 2 N–H and O–H groups in total. The highest BCUT2D eigenvalue weighted by molar-refractivity contribution is 5.93. The van der Waals surface area contributed by atoms with Gasteiger partial charge in [-0.25, -0.2) is 0 Å². The van der Waals surface area contributed by atoms with Crippen LogP contribution in [0.1, 0.15) is 30.4 Å². The first-order chi connectivity index (χ1) is 16.4. The largest absolute Gasteiger partial charge is 0.369 e. The molecule has 1 saturated heterocycles. The van der Waals surface area contributed by atoms with Crippen molar-refractivity contribution in [3.63, 3.8) is 0 Å². The molecule has 1 saturated carbocycles. The lowest BCUT2D eigenvalue weighted by Crippen LogP contribution is -2.44. The second-order valence-corrected chi connectivity index (χ2v) is 9.70. The topological polar surface area (TPSA) is 67.9 Å². The van der Waals surface area contributed by atoms with Gasteiger partial charge in [0.25, 0.3) is 0 Å². The summed E-state index contributed by atoms with van der Waals surface area (Å²) in [6, 6.07) is 14.6.